The molecule has 2 radical (unpaired) electrons. The van der Waals surface area contributed by atoms with Crippen molar-refractivity contribution >= 4 is 10.9 Å². The summed E-state index contributed by atoms with van der Waals surface area (Å²) in [6.07, 6.45) is 7.14. The van der Waals surface area contributed by atoms with Gasteiger partial charge in [0, 0.05) is 5.39 Å². The molecule has 2 heteroatoms. The molecule has 0 aromatic carbocycles. The molecule has 0 N–H and O–H groups in total. The average molecular weight is 128 g/mol. The lowest BCUT2D eigenvalue weighted by Crippen LogP contribution is -1.77. The van der Waals surface area contributed by atoms with Crippen LogP contribution in [0, 0.1) is 12.4 Å². The number of aromatic nitrogens is 2. The summed E-state index contributed by atoms with van der Waals surface area (Å²) in [5.41, 5.74) is 0.862. The van der Waals surface area contributed by atoms with Crippen molar-refractivity contribution in [2.24, 2.45) is 0 Å². The lowest BCUT2D eigenvalue weighted by atomic mass is 10.3. The van der Waals surface area contributed by atoms with Crippen LogP contribution >= 0.6 is 0 Å². The van der Waals surface area contributed by atoms with Crippen molar-refractivity contribution in [3.05, 3.63) is 36.8 Å². The van der Waals surface area contributed by atoms with Crippen LogP contribution in [-0.4, -0.2) is 9.97 Å². The summed E-state index contributed by atoms with van der Waals surface area (Å²) in [5.74, 6) is 0. The number of pyridine rings is 2. The van der Waals surface area contributed by atoms with Gasteiger partial charge in [0.15, 0.2) is 0 Å². The zero-order valence-corrected chi connectivity index (χ0v) is 5.20. The Labute approximate surface area is 58.6 Å². The minimum Gasteiger partial charge on any atom is -0.252 e. The SMILES string of the molecule is [c]1cc2cc[c]nc2cn1. The molecule has 0 aliphatic rings. The van der Waals surface area contributed by atoms with Crippen LogP contribution in [0.3, 0.4) is 0 Å². The second kappa shape index (κ2) is 2.06. The maximum absolute atomic E-state index is 3.97. The molecule has 0 spiro atoms. The Morgan fingerprint density at radius 3 is 3.20 bits per heavy atom. The van der Waals surface area contributed by atoms with Gasteiger partial charge in [0.1, 0.15) is 0 Å². The van der Waals surface area contributed by atoms with Crippen molar-refractivity contribution in [1.82, 2.24) is 9.97 Å². The Morgan fingerprint density at radius 2 is 2.30 bits per heavy atom. The summed E-state index contributed by atoms with van der Waals surface area (Å²) in [6.45, 7) is 0. The van der Waals surface area contributed by atoms with Crippen LogP contribution in [0.25, 0.3) is 10.9 Å². The van der Waals surface area contributed by atoms with Gasteiger partial charge in [-0.2, -0.15) is 0 Å². The number of rotatable bonds is 0. The van der Waals surface area contributed by atoms with E-state index in [4.69, 9.17) is 0 Å². The number of hydrogen-bond acceptors (Lipinski definition) is 2. The highest BCUT2D eigenvalue weighted by atomic mass is 14.7. The van der Waals surface area contributed by atoms with Gasteiger partial charge in [-0.25, -0.2) is 4.98 Å². The Morgan fingerprint density at radius 1 is 1.30 bits per heavy atom. The van der Waals surface area contributed by atoms with E-state index in [1.54, 1.807) is 18.3 Å². The van der Waals surface area contributed by atoms with Gasteiger partial charge in [0.2, 0.25) is 0 Å². The second-order valence-electron chi connectivity index (χ2n) is 1.95. The highest BCUT2D eigenvalue weighted by Crippen LogP contribution is 2.05. The first kappa shape index (κ1) is 5.35. The van der Waals surface area contributed by atoms with Gasteiger partial charge in [-0.15, -0.1) is 0 Å². The van der Waals surface area contributed by atoms with E-state index in [-0.39, 0.29) is 0 Å². The van der Waals surface area contributed by atoms with Gasteiger partial charge in [-0.05, 0) is 12.1 Å². The summed E-state index contributed by atoms with van der Waals surface area (Å²) < 4.78 is 0. The Kier molecular flexibility index (Phi) is 1.10. The summed E-state index contributed by atoms with van der Waals surface area (Å²) >= 11 is 0. The molecular formula is C8H4N2. The minimum absolute atomic E-state index is 0.862. The molecule has 2 rings (SSSR count). The smallest absolute Gasteiger partial charge is 0.0894 e. The molecule has 2 nitrogen and oxygen atoms in total. The van der Waals surface area contributed by atoms with Crippen LogP contribution in [0.1, 0.15) is 0 Å². The summed E-state index contributed by atoms with van der Waals surface area (Å²) in [7, 11) is 0. The largest absolute Gasteiger partial charge is 0.252 e. The van der Waals surface area contributed by atoms with Gasteiger partial charge in [-0.3, -0.25) is 4.98 Å². The van der Waals surface area contributed by atoms with E-state index in [2.05, 4.69) is 22.4 Å². The number of hydrogen-bond donors (Lipinski definition) is 0. The van der Waals surface area contributed by atoms with Crippen molar-refractivity contribution in [3.63, 3.8) is 0 Å². The molecule has 0 aliphatic carbocycles. The summed E-state index contributed by atoms with van der Waals surface area (Å²) in [4.78, 5) is 7.78. The van der Waals surface area contributed by atoms with Gasteiger partial charge >= 0.3 is 0 Å². The molecule has 2 aromatic rings. The molecule has 10 heavy (non-hydrogen) atoms. The Balaban J connectivity index is 2.89. The van der Waals surface area contributed by atoms with Crippen LogP contribution in [-0.2, 0) is 0 Å². The molecule has 2 aromatic heterocycles. The van der Waals surface area contributed by atoms with Gasteiger partial charge in [0.05, 0.1) is 24.1 Å². The van der Waals surface area contributed by atoms with Crippen molar-refractivity contribution in [2.45, 2.75) is 0 Å². The van der Waals surface area contributed by atoms with E-state index in [9.17, 15) is 0 Å². The fraction of sp³-hybridized carbons (Fsp3) is 0. The lowest BCUT2D eigenvalue weighted by Gasteiger charge is -1.89. The molecule has 0 aliphatic heterocycles. The van der Waals surface area contributed by atoms with Crippen LogP contribution < -0.4 is 0 Å². The minimum atomic E-state index is 0.862. The lowest BCUT2D eigenvalue weighted by molar-refractivity contribution is 1.29. The van der Waals surface area contributed by atoms with Gasteiger partial charge in [0.25, 0.3) is 0 Å². The van der Waals surface area contributed by atoms with Crippen molar-refractivity contribution in [3.8, 4) is 0 Å². The Hall–Kier alpha value is -1.44. The fourth-order valence-corrected chi connectivity index (χ4v) is 0.814. The monoisotopic (exact) mass is 128 g/mol. The van der Waals surface area contributed by atoms with E-state index in [1.165, 1.54) is 0 Å². The quantitative estimate of drug-likeness (QED) is 0.533. The number of nitrogens with zero attached hydrogens (tertiary/aromatic N) is 2. The average Bonchev–Trinajstić information content (AvgIpc) is 2.05. The fourth-order valence-electron chi connectivity index (χ4n) is 0.814. The molecule has 0 fully saturated rings. The maximum atomic E-state index is 3.97. The molecule has 2 heterocycles. The molecular weight excluding hydrogens is 124 g/mol. The number of fused-ring (bicyclic) bond motifs is 1. The molecule has 46 valence electrons. The Bertz CT molecular complexity index is 278. The van der Waals surface area contributed by atoms with E-state index in [1.807, 2.05) is 6.07 Å². The molecule has 0 bridgehead atoms. The predicted octanol–water partition coefficient (Wildman–Crippen LogP) is 1.23. The highest BCUT2D eigenvalue weighted by Gasteiger charge is 1.88. The molecule has 0 saturated carbocycles. The molecule has 0 unspecified atom stereocenters. The third-order valence-electron chi connectivity index (χ3n) is 1.30. The maximum Gasteiger partial charge on any atom is 0.0894 e. The van der Waals surface area contributed by atoms with Crippen molar-refractivity contribution in [2.75, 3.05) is 0 Å². The summed E-state index contributed by atoms with van der Waals surface area (Å²) in [6, 6.07) is 5.51. The normalized spacial score (nSPS) is 10.0. The van der Waals surface area contributed by atoms with E-state index in [0.29, 0.717) is 0 Å². The van der Waals surface area contributed by atoms with Crippen molar-refractivity contribution in [1.29, 1.82) is 0 Å². The summed E-state index contributed by atoms with van der Waals surface area (Å²) in [5, 5.41) is 1.05. The van der Waals surface area contributed by atoms with E-state index < -0.39 is 0 Å². The zero-order chi connectivity index (χ0) is 6.81. The third kappa shape index (κ3) is 0.739. The van der Waals surface area contributed by atoms with Crippen LogP contribution in [0.5, 0.6) is 0 Å². The van der Waals surface area contributed by atoms with Gasteiger partial charge < -0.3 is 0 Å². The first-order valence-corrected chi connectivity index (χ1v) is 2.96. The van der Waals surface area contributed by atoms with Gasteiger partial charge in [-0.1, -0.05) is 6.07 Å². The predicted molar refractivity (Wildman–Crippen MR) is 37.2 cm³/mol. The molecule has 0 amide bonds. The van der Waals surface area contributed by atoms with E-state index >= 15 is 0 Å². The first-order valence-electron chi connectivity index (χ1n) is 2.96. The first-order chi connectivity index (χ1) is 4.97. The molecule has 0 saturated heterocycles. The standard InChI is InChI=1S/C8H4N2/c1-2-7-3-5-9-6-8(7)10-4-1/h1-3,6H. The highest BCUT2D eigenvalue weighted by molar-refractivity contribution is 5.76. The van der Waals surface area contributed by atoms with E-state index in [0.717, 1.165) is 10.9 Å². The van der Waals surface area contributed by atoms with Crippen LogP contribution in [0.15, 0.2) is 24.4 Å². The second-order valence-corrected chi connectivity index (χ2v) is 1.95. The topological polar surface area (TPSA) is 25.8 Å². The van der Waals surface area contributed by atoms with Crippen molar-refractivity contribution < 1.29 is 0 Å². The van der Waals surface area contributed by atoms with Crippen LogP contribution in [0.4, 0.5) is 0 Å². The third-order valence-corrected chi connectivity index (χ3v) is 1.30. The van der Waals surface area contributed by atoms with Crippen LogP contribution in [0.2, 0.25) is 0 Å². The zero-order valence-electron chi connectivity index (χ0n) is 5.20. The molecule has 0 atom stereocenters.